The van der Waals surface area contributed by atoms with E-state index in [1.54, 1.807) is 31.2 Å². The summed E-state index contributed by atoms with van der Waals surface area (Å²) < 4.78 is 20.6. The largest absolute Gasteiger partial charge is 0.463 e. The second kappa shape index (κ2) is 6.86. The summed E-state index contributed by atoms with van der Waals surface area (Å²) in [6.45, 7) is 3.82. The molecule has 0 fully saturated rings. The number of hydrogen-bond acceptors (Lipinski definition) is 3. The van der Waals surface area contributed by atoms with Gasteiger partial charge in [0.05, 0.1) is 12.2 Å². The zero-order chi connectivity index (χ0) is 16.2. The van der Waals surface area contributed by atoms with Crippen LogP contribution in [0.1, 0.15) is 50.7 Å². The molecule has 1 aromatic rings. The van der Waals surface area contributed by atoms with Crippen LogP contribution < -0.4 is 0 Å². The van der Waals surface area contributed by atoms with Crippen molar-refractivity contribution < 1.29 is 18.7 Å². The van der Waals surface area contributed by atoms with Crippen molar-refractivity contribution in [2.24, 2.45) is 0 Å². The molecule has 0 aliphatic heterocycles. The summed E-state index contributed by atoms with van der Waals surface area (Å²) in [5.74, 6) is -1.32. The van der Waals surface area contributed by atoms with Gasteiger partial charge in [-0.2, -0.15) is 0 Å². The molecule has 0 amide bonds. The normalized spacial score (nSPS) is 19.5. The Morgan fingerprint density at radius 1 is 1.18 bits per heavy atom. The fourth-order valence-corrected chi connectivity index (χ4v) is 2.75. The smallest absolute Gasteiger partial charge is 0.338 e. The van der Waals surface area contributed by atoms with Crippen LogP contribution in [0.2, 0.25) is 0 Å². The molecule has 118 valence electrons. The highest BCUT2D eigenvalue weighted by atomic mass is 19.1. The standard InChI is InChI=1S/C18H21FO3/c1-3-5-6-11-16(20)18(19)14-10-8-7-9-13(14)12-15(18)17(21)22-4-2/h7-10,12H,3-6,11H2,1-2H3. The summed E-state index contributed by atoms with van der Waals surface area (Å²) in [5.41, 5.74) is -1.76. The van der Waals surface area contributed by atoms with Gasteiger partial charge in [-0.1, -0.05) is 44.0 Å². The van der Waals surface area contributed by atoms with Crippen molar-refractivity contribution in [1.82, 2.24) is 0 Å². The van der Waals surface area contributed by atoms with Gasteiger partial charge in [0.2, 0.25) is 5.67 Å². The molecule has 1 atom stereocenters. The molecule has 0 saturated heterocycles. The molecule has 1 aromatic carbocycles. The van der Waals surface area contributed by atoms with Crippen molar-refractivity contribution in [3.8, 4) is 0 Å². The van der Waals surface area contributed by atoms with Gasteiger partial charge in [-0.15, -0.1) is 0 Å². The van der Waals surface area contributed by atoms with E-state index in [1.807, 2.05) is 6.92 Å². The molecule has 3 nitrogen and oxygen atoms in total. The second-order valence-corrected chi connectivity index (χ2v) is 5.40. The predicted octanol–water partition coefficient (Wildman–Crippen LogP) is 3.96. The minimum atomic E-state index is -2.38. The van der Waals surface area contributed by atoms with E-state index in [9.17, 15) is 9.59 Å². The van der Waals surface area contributed by atoms with Gasteiger partial charge in [-0.25, -0.2) is 9.18 Å². The maximum Gasteiger partial charge on any atom is 0.338 e. The number of halogens is 1. The van der Waals surface area contributed by atoms with E-state index in [0.29, 0.717) is 12.0 Å². The first kappa shape index (κ1) is 16.4. The molecule has 0 bridgehead atoms. The molecule has 1 aliphatic carbocycles. The summed E-state index contributed by atoms with van der Waals surface area (Å²) in [4.78, 5) is 24.6. The van der Waals surface area contributed by atoms with Crippen LogP contribution in [-0.4, -0.2) is 18.4 Å². The molecule has 0 N–H and O–H groups in total. The molecule has 2 rings (SSSR count). The van der Waals surface area contributed by atoms with Gasteiger partial charge < -0.3 is 4.74 Å². The zero-order valence-electron chi connectivity index (χ0n) is 13.0. The first-order chi connectivity index (χ1) is 10.6. The molecule has 22 heavy (non-hydrogen) atoms. The second-order valence-electron chi connectivity index (χ2n) is 5.40. The van der Waals surface area contributed by atoms with Gasteiger partial charge in [0.25, 0.3) is 0 Å². The lowest BCUT2D eigenvalue weighted by Crippen LogP contribution is -2.35. The van der Waals surface area contributed by atoms with Crippen LogP contribution in [-0.2, 0) is 20.0 Å². The highest BCUT2D eigenvalue weighted by Crippen LogP contribution is 2.45. The number of benzene rings is 1. The molecule has 1 unspecified atom stereocenters. The average molecular weight is 304 g/mol. The van der Waals surface area contributed by atoms with E-state index in [2.05, 4.69) is 0 Å². The Morgan fingerprint density at radius 3 is 2.59 bits per heavy atom. The lowest BCUT2D eigenvalue weighted by atomic mass is 9.85. The van der Waals surface area contributed by atoms with Crippen LogP contribution in [0.25, 0.3) is 6.08 Å². The molecular formula is C18H21FO3. The number of ketones is 1. The fourth-order valence-electron chi connectivity index (χ4n) is 2.75. The van der Waals surface area contributed by atoms with Gasteiger partial charge >= 0.3 is 5.97 Å². The Hall–Kier alpha value is -1.97. The zero-order valence-corrected chi connectivity index (χ0v) is 13.0. The Bertz CT molecular complexity index is 606. The van der Waals surface area contributed by atoms with Crippen LogP contribution in [0.4, 0.5) is 4.39 Å². The summed E-state index contributed by atoms with van der Waals surface area (Å²) in [6.07, 6.45) is 3.99. The first-order valence-electron chi connectivity index (χ1n) is 7.76. The van der Waals surface area contributed by atoms with Crippen molar-refractivity contribution in [3.05, 3.63) is 41.0 Å². The Labute approximate surface area is 130 Å². The number of carbonyl (C=O) groups excluding carboxylic acids is 2. The van der Waals surface area contributed by atoms with E-state index in [4.69, 9.17) is 4.74 Å². The van der Waals surface area contributed by atoms with E-state index in [-0.39, 0.29) is 24.2 Å². The fraction of sp³-hybridized carbons (Fsp3) is 0.444. The number of alkyl halides is 1. The molecule has 0 saturated carbocycles. The quantitative estimate of drug-likeness (QED) is 0.565. The minimum absolute atomic E-state index is 0.120. The number of esters is 1. The van der Waals surface area contributed by atoms with Crippen molar-refractivity contribution >= 4 is 17.8 Å². The van der Waals surface area contributed by atoms with Crippen molar-refractivity contribution in [3.63, 3.8) is 0 Å². The van der Waals surface area contributed by atoms with Gasteiger partial charge in [0.15, 0.2) is 5.78 Å². The summed E-state index contributed by atoms with van der Waals surface area (Å²) in [5, 5.41) is 0. The van der Waals surface area contributed by atoms with Crippen molar-refractivity contribution in [2.75, 3.05) is 6.61 Å². The van der Waals surface area contributed by atoms with E-state index < -0.39 is 17.4 Å². The molecule has 0 heterocycles. The Kier molecular flexibility index (Phi) is 5.11. The topological polar surface area (TPSA) is 43.4 Å². The van der Waals surface area contributed by atoms with Gasteiger partial charge in [0.1, 0.15) is 0 Å². The van der Waals surface area contributed by atoms with E-state index in [0.717, 1.165) is 12.8 Å². The predicted molar refractivity (Wildman–Crippen MR) is 83.0 cm³/mol. The van der Waals surface area contributed by atoms with E-state index >= 15 is 4.39 Å². The number of ether oxygens (including phenoxy) is 1. The number of unbranched alkanes of at least 4 members (excludes halogenated alkanes) is 2. The highest BCUT2D eigenvalue weighted by molar-refractivity contribution is 6.09. The van der Waals surface area contributed by atoms with Gasteiger partial charge in [0, 0.05) is 12.0 Å². The highest BCUT2D eigenvalue weighted by Gasteiger charge is 2.51. The molecular weight excluding hydrogens is 283 g/mol. The summed E-state index contributed by atoms with van der Waals surface area (Å²) in [7, 11) is 0. The molecule has 0 spiro atoms. The van der Waals surface area contributed by atoms with Gasteiger partial charge in [-0.3, -0.25) is 4.79 Å². The molecule has 1 aliphatic rings. The number of carbonyl (C=O) groups is 2. The van der Waals surface area contributed by atoms with Crippen molar-refractivity contribution in [1.29, 1.82) is 0 Å². The monoisotopic (exact) mass is 304 g/mol. The first-order valence-corrected chi connectivity index (χ1v) is 7.76. The van der Waals surface area contributed by atoms with Crippen LogP contribution in [0, 0.1) is 0 Å². The Balaban J connectivity index is 2.37. The third-order valence-electron chi connectivity index (χ3n) is 3.89. The maximum atomic E-state index is 15.6. The lowest BCUT2D eigenvalue weighted by Gasteiger charge is -2.23. The van der Waals surface area contributed by atoms with Gasteiger partial charge in [-0.05, 0) is 25.0 Å². The van der Waals surface area contributed by atoms with Crippen LogP contribution in [0.15, 0.2) is 29.8 Å². The molecule has 0 radical (unpaired) electrons. The third kappa shape index (κ3) is 2.82. The van der Waals surface area contributed by atoms with Crippen molar-refractivity contribution in [2.45, 2.75) is 45.2 Å². The van der Waals surface area contributed by atoms with E-state index in [1.165, 1.54) is 6.08 Å². The summed E-state index contributed by atoms with van der Waals surface area (Å²) in [6, 6.07) is 6.70. The third-order valence-corrected chi connectivity index (χ3v) is 3.89. The number of hydrogen-bond donors (Lipinski definition) is 0. The Morgan fingerprint density at radius 2 is 1.91 bits per heavy atom. The SMILES string of the molecule is CCCCCC(=O)C1(F)C(C(=O)OCC)=Cc2ccccc21. The number of Topliss-reactive ketones (excluding diaryl/α,β-unsaturated/α-hetero) is 1. The average Bonchev–Trinajstić information content (AvgIpc) is 2.83. The summed E-state index contributed by atoms with van der Waals surface area (Å²) >= 11 is 0. The number of fused-ring (bicyclic) bond motifs is 1. The lowest BCUT2D eigenvalue weighted by molar-refractivity contribution is -0.143. The minimum Gasteiger partial charge on any atom is -0.463 e. The van der Waals surface area contributed by atoms with Crippen LogP contribution in [0.5, 0.6) is 0 Å². The molecule has 4 heteroatoms. The maximum absolute atomic E-state index is 15.6. The van der Waals surface area contributed by atoms with Crippen LogP contribution >= 0.6 is 0 Å². The number of rotatable bonds is 7. The van der Waals surface area contributed by atoms with Crippen LogP contribution in [0.3, 0.4) is 0 Å². The molecule has 0 aromatic heterocycles.